The van der Waals surface area contributed by atoms with Crippen LogP contribution in [0.4, 0.5) is 4.39 Å². The number of carbonyl (C=O) groups is 2. The third kappa shape index (κ3) is 6.22. The Morgan fingerprint density at radius 2 is 1.72 bits per heavy atom. The molecule has 29 heavy (non-hydrogen) atoms. The number of amides is 2. The lowest BCUT2D eigenvalue weighted by atomic mass is 9.84. The van der Waals surface area contributed by atoms with Crippen LogP contribution in [0.3, 0.4) is 0 Å². The van der Waals surface area contributed by atoms with Gasteiger partial charge in [0, 0.05) is 23.2 Å². The molecule has 6 nitrogen and oxygen atoms in total. The third-order valence-electron chi connectivity index (χ3n) is 4.13. The second-order valence-electron chi connectivity index (χ2n) is 6.85. The first kappa shape index (κ1) is 20.7. The van der Waals surface area contributed by atoms with Crippen molar-refractivity contribution in [3.63, 3.8) is 0 Å². The zero-order chi connectivity index (χ0) is 20.9. The first-order valence-corrected chi connectivity index (χ1v) is 9.28. The number of nitrogens with one attached hydrogen (secondary N) is 2. The van der Waals surface area contributed by atoms with Crippen LogP contribution in [0.15, 0.2) is 60.3 Å². The summed E-state index contributed by atoms with van der Waals surface area (Å²) >= 11 is 5.79. The quantitative estimate of drug-likeness (QED) is 0.690. The normalized spacial score (nSPS) is 17.6. The molecule has 0 radical (unpaired) electrons. The van der Waals surface area contributed by atoms with E-state index in [9.17, 15) is 14.0 Å². The van der Waals surface area contributed by atoms with Crippen LogP contribution < -0.4 is 20.1 Å². The Labute approximate surface area is 172 Å². The summed E-state index contributed by atoms with van der Waals surface area (Å²) < 4.78 is 23.8. The highest BCUT2D eigenvalue weighted by atomic mass is 35.5. The molecule has 0 fully saturated rings. The van der Waals surface area contributed by atoms with Gasteiger partial charge in [-0.1, -0.05) is 17.7 Å². The molecular weight excluding hydrogens is 399 g/mol. The van der Waals surface area contributed by atoms with Crippen molar-refractivity contribution in [2.45, 2.75) is 18.9 Å². The van der Waals surface area contributed by atoms with Crippen molar-refractivity contribution in [1.29, 1.82) is 0 Å². The summed E-state index contributed by atoms with van der Waals surface area (Å²) in [6.45, 7) is 1.46. The standard InChI is InChI=1S/C21H20ClFN2O4/c1-21(25-20(27)13-29-18-4-2-3-15(23)9-18)10-16(11-21)24-19(26)12-28-17-7-5-14(22)6-8-17/h2-10H,11-13H2,1H3,(H,24,26)(H,25,27). The van der Waals surface area contributed by atoms with Gasteiger partial charge in [-0.05, 0) is 49.4 Å². The highest BCUT2D eigenvalue weighted by Crippen LogP contribution is 2.28. The van der Waals surface area contributed by atoms with Crippen LogP contribution in [0.1, 0.15) is 13.3 Å². The van der Waals surface area contributed by atoms with Crippen molar-refractivity contribution in [3.05, 3.63) is 71.1 Å². The summed E-state index contributed by atoms with van der Waals surface area (Å²) in [6, 6.07) is 12.3. The molecule has 152 valence electrons. The topological polar surface area (TPSA) is 76.7 Å². The monoisotopic (exact) mass is 418 g/mol. The van der Waals surface area contributed by atoms with Gasteiger partial charge in [-0.25, -0.2) is 4.39 Å². The molecule has 0 saturated heterocycles. The molecule has 1 aliphatic carbocycles. The van der Waals surface area contributed by atoms with E-state index in [-0.39, 0.29) is 30.8 Å². The van der Waals surface area contributed by atoms with Crippen LogP contribution in [0.5, 0.6) is 11.5 Å². The number of carbonyl (C=O) groups excluding carboxylic acids is 2. The van der Waals surface area contributed by atoms with Crippen LogP contribution >= 0.6 is 11.6 Å². The molecule has 2 aromatic rings. The first-order chi connectivity index (χ1) is 13.8. The largest absolute Gasteiger partial charge is 0.484 e. The Morgan fingerprint density at radius 3 is 2.41 bits per heavy atom. The van der Waals surface area contributed by atoms with Crippen molar-refractivity contribution in [1.82, 2.24) is 10.6 Å². The molecule has 1 unspecified atom stereocenters. The Hall–Kier alpha value is -3.06. The van der Waals surface area contributed by atoms with Crippen molar-refractivity contribution in [2.75, 3.05) is 13.2 Å². The van der Waals surface area contributed by atoms with Gasteiger partial charge in [0.05, 0.1) is 5.54 Å². The molecule has 1 atom stereocenters. The van der Waals surface area contributed by atoms with Crippen LogP contribution in [0.2, 0.25) is 5.02 Å². The highest BCUT2D eigenvalue weighted by molar-refractivity contribution is 6.30. The second kappa shape index (κ2) is 8.96. The lowest BCUT2D eigenvalue weighted by Gasteiger charge is -2.37. The maximum atomic E-state index is 13.1. The minimum atomic E-state index is -0.581. The van der Waals surface area contributed by atoms with Gasteiger partial charge < -0.3 is 20.1 Å². The highest BCUT2D eigenvalue weighted by Gasteiger charge is 2.34. The average molecular weight is 419 g/mol. The predicted octanol–water partition coefficient (Wildman–Crippen LogP) is 3.22. The van der Waals surface area contributed by atoms with E-state index < -0.39 is 11.4 Å². The van der Waals surface area contributed by atoms with Gasteiger partial charge in [0.25, 0.3) is 11.8 Å². The van der Waals surface area contributed by atoms with E-state index >= 15 is 0 Å². The number of halogens is 2. The molecule has 0 saturated carbocycles. The molecular formula is C21H20ClFN2O4. The lowest BCUT2D eigenvalue weighted by Crippen LogP contribution is -2.53. The molecule has 2 aromatic carbocycles. The fourth-order valence-corrected chi connectivity index (χ4v) is 2.99. The fourth-order valence-electron chi connectivity index (χ4n) is 2.87. The van der Waals surface area contributed by atoms with Crippen LogP contribution in [-0.2, 0) is 9.59 Å². The van der Waals surface area contributed by atoms with E-state index in [1.807, 2.05) is 6.92 Å². The van der Waals surface area contributed by atoms with E-state index in [4.69, 9.17) is 21.1 Å². The Kier molecular flexibility index (Phi) is 6.39. The third-order valence-corrected chi connectivity index (χ3v) is 4.38. The number of rotatable bonds is 8. The molecule has 0 aliphatic heterocycles. The van der Waals surface area contributed by atoms with Crippen molar-refractivity contribution in [3.8, 4) is 11.5 Å². The molecule has 2 amide bonds. The van der Waals surface area contributed by atoms with Gasteiger partial charge in [0.15, 0.2) is 13.2 Å². The maximum Gasteiger partial charge on any atom is 0.262 e. The van der Waals surface area contributed by atoms with E-state index in [2.05, 4.69) is 10.6 Å². The fraction of sp³-hybridized carbons (Fsp3) is 0.238. The van der Waals surface area contributed by atoms with Crippen molar-refractivity contribution < 1.29 is 23.5 Å². The lowest BCUT2D eigenvalue weighted by molar-refractivity contribution is -0.124. The smallest absolute Gasteiger partial charge is 0.262 e. The summed E-state index contributed by atoms with van der Waals surface area (Å²) in [7, 11) is 0. The Bertz CT molecular complexity index is 933. The van der Waals surface area contributed by atoms with Gasteiger partial charge in [-0.2, -0.15) is 0 Å². The van der Waals surface area contributed by atoms with Crippen LogP contribution in [0, 0.1) is 5.82 Å². The summed E-state index contributed by atoms with van der Waals surface area (Å²) in [6.07, 6.45) is 2.22. The van der Waals surface area contributed by atoms with Crippen LogP contribution in [0.25, 0.3) is 0 Å². The van der Waals surface area contributed by atoms with E-state index in [0.717, 1.165) is 0 Å². The van der Waals surface area contributed by atoms with E-state index in [1.165, 1.54) is 18.2 Å². The van der Waals surface area contributed by atoms with Gasteiger partial charge in [0.1, 0.15) is 17.3 Å². The summed E-state index contributed by atoms with van der Waals surface area (Å²) in [5.74, 6) is -0.249. The molecule has 0 spiro atoms. The molecule has 0 bridgehead atoms. The zero-order valence-electron chi connectivity index (χ0n) is 15.7. The maximum absolute atomic E-state index is 13.1. The summed E-state index contributed by atoms with van der Waals surface area (Å²) in [5.41, 5.74) is 0.116. The molecule has 8 heteroatoms. The average Bonchev–Trinajstić information content (AvgIpc) is 2.65. The van der Waals surface area contributed by atoms with Gasteiger partial charge in [0.2, 0.25) is 0 Å². The number of benzene rings is 2. The second-order valence-corrected chi connectivity index (χ2v) is 7.29. The first-order valence-electron chi connectivity index (χ1n) is 8.91. The predicted molar refractivity (Wildman–Crippen MR) is 106 cm³/mol. The number of hydrogen-bond donors (Lipinski definition) is 2. The zero-order valence-corrected chi connectivity index (χ0v) is 16.5. The minimum Gasteiger partial charge on any atom is -0.484 e. The summed E-state index contributed by atoms with van der Waals surface area (Å²) in [4.78, 5) is 24.0. The van der Waals surface area contributed by atoms with Gasteiger partial charge >= 0.3 is 0 Å². The SMILES string of the molecule is CC1(NC(=O)COc2cccc(F)c2)C=C(NC(=O)COc2ccc(Cl)cc2)C1. The van der Waals surface area contributed by atoms with Crippen molar-refractivity contribution >= 4 is 23.4 Å². The van der Waals surface area contributed by atoms with Gasteiger partial charge in [-0.3, -0.25) is 9.59 Å². The molecule has 0 heterocycles. The van der Waals surface area contributed by atoms with Crippen molar-refractivity contribution in [2.24, 2.45) is 0 Å². The molecule has 0 aromatic heterocycles. The summed E-state index contributed by atoms with van der Waals surface area (Å²) in [5, 5.41) is 6.14. The molecule has 2 N–H and O–H groups in total. The van der Waals surface area contributed by atoms with Gasteiger partial charge in [-0.15, -0.1) is 0 Å². The Balaban J connectivity index is 1.40. The number of ether oxygens (including phenoxy) is 2. The van der Waals surface area contributed by atoms with E-state index in [0.29, 0.717) is 22.9 Å². The van der Waals surface area contributed by atoms with Crippen LogP contribution in [-0.4, -0.2) is 30.6 Å². The van der Waals surface area contributed by atoms with E-state index in [1.54, 1.807) is 36.4 Å². The molecule has 1 aliphatic rings. The Morgan fingerprint density at radius 1 is 1.07 bits per heavy atom. The number of hydrogen-bond acceptors (Lipinski definition) is 4. The molecule has 3 rings (SSSR count). The minimum absolute atomic E-state index is 0.135.